The summed E-state index contributed by atoms with van der Waals surface area (Å²) < 4.78 is 22.7. The summed E-state index contributed by atoms with van der Waals surface area (Å²) in [5, 5.41) is 2.87. The van der Waals surface area contributed by atoms with E-state index in [1.807, 2.05) is 24.3 Å². The molecule has 0 aromatic heterocycles. The second-order valence-corrected chi connectivity index (χ2v) is 10.9. The van der Waals surface area contributed by atoms with E-state index >= 15 is 0 Å². The van der Waals surface area contributed by atoms with Gasteiger partial charge in [0.2, 0.25) is 0 Å². The van der Waals surface area contributed by atoms with Gasteiger partial charge in [-0.25, -0.2) is 8.42 Å². The van der Waals surface area contributed by atoms with Gasteiger partial charge in [0.1, 0.15) is 0 Å². The summed E-state index contributed by atoms with van der Waals surface area (Å²) in [4.78, 5) is 14.7. The molecule has 6 heteroatoms. The van der Waals surface area contributed by atoms with Crippen molar-refractivity contribution in [3.63, 3.8) is 0 Å². The number of hydrogen-bond acceptors (Lipinski definition) is 4. The molecule has 0 aliphatic heterocycles. The lowest BCUT2D eigenvalue weighted by atomic mass is 10.0. The van der Waals surface area contributed by atoms with Crippen LogP contribution in [0.4, 0.5) is 5.69 Å². The molecule has 1 amide bonds. The van der Waals surface area contributed by atoms with Crippen molar-refractivity contribution in [3.8, 4) is 0 Å². The minimum atomic E-state index is -3.09. The first-order valence-corrected chi connectivity index (χ1v) is 12.5. The van der Waals surface area contributed by atoms with E-state index in [2.05, 4.69) is 43.4 Å². The van der Waals surface area contributed by atoms with Crippen molar-refractivity contribution in [2.45, 2.75) is 35.3 Å². The monoisotopic (exact) mass is 439 g/mol. The molecule has 0 heterocycles. The maximum absolute atomic E-state index is 12.4. The van der Waals surface area contributed by atoms with Crippen LogP contribution in [0.2, 0.25) is 0 Å². The number of amides is 1. The SMILES string of the molecule is CC(C)c1ccc(Sc2ccc(NC(=O)c3ccc(CS(C)(=O)=O)cc3)cc2)cc1. The number of sulfone groups is 1. The number of nitrogens with one attached hydrogen (secondary N) is 1. The van der Waals surface area contributed by atoms with Crippen molar-refractivity contribution in [1.29, 1.82) is 0 Å². The molecule has 0 radical (unpaired) electrons. The van der Waals surface area contributed by atoms with Crippen LogP contribution in [-0.2, 0) is 15.6 Å². The standard InChI is InChI=1S/C24H25NO3S2/c1-17(2)19-8-12-22(13-9-19)29-23-14-10-21(11-15-23)25-24(26)20-6-4-18(5-7-20)16-30(3,27)28/h4-15,17H,16H2,1-3H3,(H,25,26). The minimum absolute atomic E-state index is 0.0335. The van der Waals surface area contributed by atoms with Crippen LogP contribution in [0.5, 0.6) is 0 Å². The number of rotatable bonds is 7. The van der Waals surface area contributed by atoms with Crippen LogP contribution in [0, 0.1) is 0 Å². The van der Waals surface area contributed by atoms with E-state index in [0.717, 1.165) is 4.90 Å². The molecular weight excluding hydrogens is 414 g/mol. The van der Waals surface area contributed by atoms with Gasteiger partial charge >= 0.3 is 0 Å². The van der Waals surface area contributed by atoms with Crippen LogP contribution in [-0.4, -0.2) is 20.6 Å². The van der Waals surface area contributed by atoms with Crippen molar-refractivity contribution >= 4 is 33.2 Å². The first kappa shape index (κ1) is 22.1. The predicted octanol–water partition coefficient (Wildman–Crippen LogP) is 5.76. The molecule has 0 atom stereocenters. The molecule has 1 N–H and O–H groups in total. The molecule has 0 aliphatic rings. The molecule has 4 nitrogen and oxygen atoms in total. The van der Waals surface area contributed by atoms with Gasteiger partial charge in [0.25, 0.3) is 5.91 Å². The summed E-state index contributed by atoms with van der Waals surface area (Å²) in [7, 11) is -3.09. The largest absolute Gasteiger partial charge is 0.322 e. The van der Waals surface area contributed by atoms with E-state index in [4.69, 9.17) is 0 Å². The topological polar surface area (TPSA) is 63.2 Å². The van der Waals surface area contributed by atoms with Crippen molar-refractivity contribution < 1.29 is 13.2 Å². The van der Waals surface area contributed by atoms with Crippen molar-refractivity contribution in [1.82, 2.24) is 0 Å². The van der Waals surface area contributed by atoms with Crippen LogP contribution in [0.3, 0.4) is 0 Å². The smallest absolute Gasteiger partial charge is 0.255 e. The Morgan fingerprint density at radius 1 is 0.867 bits per heavy atom. The minimum Gasteiger partial charge on any atom is -0.322 e. The summed E-state index contributed by atoms with van der Waals surface area (Å²) in [5.74, 6) is 0.252. The first-order valence-electron chi connectivity index (χ1n) is 9.65. The second kappa shape index (κ2) is 9.49. The van der Waals surface area contributed by atoms with Crippen LogP contribution in [0.1, 0.15) is 41.3 Å². The molecule has 156 valence electrons. The molecular formula is C24H25NO3S2. The zero-order chi connectivity index (χ0) is 21.7. The predicted molar refractivity (Wildman–Crippen MR) is 124 cm³/mol. The van der Waals surface area contributed by atoms with E-state index < -0.39 is 9.84 Å². The van der Waals surface area contributed by atoms with Gasteiger partial charge < -0.3 is 5.32 Å². The third-order valence-corrected chi connectivity index (χ3v) is 6.41. The highest BCUT2D eigenvalue weighted by Crippen LogP contribution is 2.29. The van der Waals surface area contributed by atoms with Crippen LogP contribution in [0.15, 0.2) is 82.6 Å². The van der Waals surface area contributed by atoms with Crippen LogP contribution in [0.25, 0.3) is 0 Å². The van der Waals surface area contributed by atoms with Gasteiger partial charge in [0.15, 0.2) is 9.84 Å². The molecule has 0 saturated heterocycles. The molecule has 0 aliphatic carbocycles. The van der Waals surface area contributed by atoms with Crippen molar-refractivity contribution in [2.24, 2.45) is 0 Å². The fourth-order valence-electron chi connectivity index (χ4n) is 2.92. The van der Waals surface area contributed by atoms with Crippen LogP contribution < -0.4 is 5.32 Å². The van der Waals surface area contributed by atoms with Gasteiger partial charge in [-0.2, -0.15) is 0 Å². The Morgan fingerprint density at radius 2 is 1.40 bits per heavy atom. The summed E-state index contributed by atoms with van der Waals surface area (Å²) in [6, 6.07) is 22.9. The van der Waals surface area contributed by atoms with E-state index in [-0.39, 0.29) is 11.7 Å². The fourth-order valence-corrected chi connectivity index (χ4v) is 4.54. The quantitative estimate of drug-likeness (QED) is 0.508. The lowest BCUT2D eigenvalue weighted by molar-refractivity contribution is 0.102. The third-order valence-electron chi connectivity index (χ3n) is 4.54. The number of carbonyl (C=O) groups excluding carboxylic acids is 1. The maximum Gasteiger partial charge on any atom is 0.255 e. The highest BCUT2D eigenvalue weighted by molar-refractivity contribution is 7.99. The number of anilines is 1. The highest BCUT2D eigenvalue weighted by Gasteiger charge is 2.09. The fraction of sp³-hybridized carbons (Fsp3) is 0.208. The van der Waals surface area contributed by atoms with E-state index in [0.29, 0.717) is 22.7 Å². The molecule has 0 spiro atoms. The average Bonchev–Trinajstić information content (AvgIpc) is 2.69. The summed E-state index contributed by atoms with van der Waals surface area (Å²) >= 11 is 1.68. The summed E-state index contributed by atoms with van der Waals surface area (Å²) in [5.41, 5.74) is 3.18. The van der Waals surface area contributed by atoms with Crippen LogP contribution >= 0.6 is 11.8 Å². The zero-order valence-corrected chi connectivity index (χ0v) is 18.9. The lowest BCUT2D eigenvalue weighted by Gasteiger charge is -2.09. The zero-order valence-electron chi connectivity index (χ0n) is 17.3. The van der Waals surface area contributed by atoms with Gasteiger partial charge in [0.05, 0.1) is 5.75 Å². The third kappa shape index (κ3) is 6.47. The Balaban J connectivity index is 1.60. The van der Waals surface area contributed by atoms with Crippen molar-refractivity contribution in [3.05, 3.63) is 89.5 Å². The highest BCUT2D eigenvalue weighted by atomic mass is 32.2. The summed E-state index contributed by atoms with van der Waals surface area (Å²) in [6.07, 6.45) is 1.19. The normalized spacial score (nSPS) is 11.5. The molecule has 30 heavy (non-hydrogen) atoms. The number of carbonyl (C=O) groups is 1. The molecule has 3 aromatic carbocycles. The Labute approximate surface area is 182 Å². The molecule has 0 fully saturated rings. The van der Waals surface area contributed by atoms with E-state index in [1.54, 1.807) is 36.0 Å². The number of benzene rings is 3. The first-order chi connectivity index (χ1) is 14.2. The van der Waals surface area contributed by atoms with Gasteiger partial charge in [-0.15, -0.1) is 0 Å². The van der Waals surface area contributed by atoms with Gasteiger partial charge in [-0.05, 0) is 65.6 Å². The van der Waals surface area contributed by atoms with E-state index in [9.17, 15) is 13.2 Å². The average molecular weight is 440 g/mol. The van der Waals surface area contributed by atoms with Gasteiger partial charge in [-0.3, -0.25) is 4.79 Å². The summed E-state index contributed by atoms with van der Waals surface area (Å²) in [6.45, 7) is 4.36. The van der Waals surface area contributed by atoms with E-state index in [1.165, 1.54) is 16.7 Å². The molecule has 0 saturated carbocycles. The molecule has 3 aromatic rings. The molecule has 3 rings (SSSR count). The maximum atomic E-state index is 12.4. The Kier molecular flexibility index (Phi) is 7.00. The van der Waals surface area contributed by atoms with Gasteiger partial charge in [0, 0.05) is 27.3 Å². The number of hydrogen-bond donors (Lipinski definition) is 1. The Bertz CT molecular complexity index is 1100. The second-order valence-electron chi connectivity index (χ2n) is 7.57. The Hall–Kier alpha value is -2.57. The van der Waals surface area contributed by atoms with Gasteiger partial charge in [-0.1, -0.05) is 49.9 Å². The van der Waals surface area contributed by atoms with Crippen molar-refractivity contribution in [2.75, 3.05) is 11.6 Å². The molecule has 0 bridgehead atoms. The Morgan fingerprint density at radius 3 is 1.90 bits per heavy atom. The molecule has 0 unspecified atom stereocenters. The lowest BCUT2D eigenvalue weighted by Crippen LogP contribution is -2.12.